The average molecular weight is 394 g/mol. The summed E-state index contributed by atoms with van der Waals surface area (Å²) in [4.78, 5) is 11.2. The number of sulfonamides is 1. The molecule has 2 fully saturated rings. The zero-order valence-electron chi connectivity index (χ0n) is 15.5. The summed E-state index contributed by atoms with van der Waals surface area (Å²) in [6.07, 6.45) is 12.5. The average Bonchev–Trinajstić information content (AvgIpc) is 3.30. The van der Waals surface area contributed by atoms with Crippen LogP contribution in [0.25, 0.3) is 0 Å². The molecule has 1 saturated heterocycles. The lowest BCUT2D eigenvalue weighted by Gasteiger charge is -2.30. The maximum Gasteiger partial charge on any atom is 0.260 e. The molecule has 4 rings (SSSR count). The third-order valence-electron chi connectivity index (χ3n) is 5.74. The van der Waals surface area contributed by atoms with Crippen LogP contribution >= 0.6 is 0 Å². The van der Waals surface area contributed by atoms with Crippen molar-refractivity contribution in [2.45, 2.75) is 68.7 Å². The van der Waals surface area contributed by atoms with E-state index in [-0.39, 0.29) is 10.9 Å². The van der Waals surface area contributed by atoms with Crippen LogP contribution in [-0.4, -0.2) is 45.9 Å². The largest absolute Gasteiger partial charge is 0.339 e. The van der Waals surface area contributed by atoms with E-state index in [0.717, 1.165) is 31.5 Å². The number of nitrogens with zero attached hydrogens (tertiary/aromatic N) is 4. The lowest BCUT2D eigenvalue weighted by atomic mass is 9.96. The Morgan fingerprint density at radius 1 is 1.15 bits per heavy atom. The molecule has 148 valence electrons. The van der Waals surface area contributed by atoms with Gasteiger partial charge in [-0.25, -0.2) is 13.4 Å². The first-order valence-electron chi connectivity index (χ1n) is 9.94. The highest BCUT2D eigenvalue weighted by Crippen LogP contribution is 2.30. The van der Waals surface area contributed by atoms with Crippen LogP contribution < -0.4 is 0 Å². The van der Waals surface area contributed by atoms with Crippen LogP contribution in [0.5, 0.6) is 0 Å². The maximum atomic E-state index is 12.7. The fraction of sp³-hybridized carbons (Fsp3) is 0.722. The minimum atomic E-state index is -3.51. The van der Waals surface area contributed by atoms with Crippen molar-refractivity contribution < 1.29 is 12.9 Å². The van der Waals surface area contributed by atoms with Crippen molar-refractivity contribution in [2.75, 3.05) is 13.1 Å². The summed E-state index contributed by atoms with van der Waals surface area (Å²) < 4.78 is 32.4. The first-order chi connectivity index (χ1) is 13.1. The summed E-state index contributed by atoms with van der Waals surface area (Å²) in [6, 6.07) is 0. The SMILES string of the molecule is O=S(=O)(c1cnc[nH]1)N1CCCC(Cc2nc(C3CCCCCC3)no2)C1. The summed E-state index contributed by atoms with van der Waals surface area (Å²) in [5, 5.41) is 4.37. The van der Waals surface area contributed by atoms with Gasteiger partial charge in [0.1, 0.15) is 0 Å². The summed E-state index contributed by atoms with van der Waals surface area (Å²) in [5.74, 6) is 2.08. The Hall–Kier alpha value is -1.74. The Labute approximate surface area is 159 Å². The number of aromatic amines is 1. The van der Waals surface area contributed by atoms with E-state index >= 15 is 0 Å². The number of aromatic nitrogens is 4. The fourth-order valence-corrected chi connectivity index (χ4v) is 5.69. The second-order valence-electron chi connectivity index (χ2n) is 7.73. The number of nitrogens with one attached hydrogen (secondary N) is 1. The smallest absolute Gasteiger partial charge is 0.260 e. The Morgan fingerprint density at radius 3 is 2.70 bits per heavy atom. The molecule has 9 heteroatoms. The highest BCUT2D eigenvalue weighted by atomic mass is 32.2. The molecule has 0 spiro atoms. The second kappa shape index (κ2) is 8.10. The normalized spacial score (nSPS) is 23.3. The zero-order valence-corrected chi connectivity index (χ0v) is 16.3. The summed E-state index contributed by atoms with van der Waals surface area (Å²) in [5.41, 5.74) is 0. The molecule has 1 aliphatic heterocycles. The van der Waals surface area contributed by atoms with Gasteiger partial charge in [0.15, 0.2) is 10.9 Å². The van der Waals surface area contributed by atoms with Gasteiger partial charge in [0.25, 0.3) is 10.0 Å². The van der Waals surface area contributed by atoms with E-state index in [2.05, 4.69) is 20.1 Å². The Bertz CT molecular complexity index is 825. The van der Waals surface area contributed by atoms with E-state index in [9.17, 15) is 8.42 Å². The first kappa shape index (κ1) is 18.6. The molecular weight excluding hydrogens is 366 g/mol. The highest BCUT2D eigenvalue weighted by molar-refractivity contribution is 7.89. The predicted molar refractivity (Wildman–Crippen MR) is 98.5 cm³/mol. The molecule has 1 N–H and O–H groups in total. The van der Waals surface area contributed by atoms with Gasteiger partial charge in [-0.05, 0) is 31.6 Å². The van der Waals surface area contributed by atoms with Crippen LogP contribution in [0.2, 0.25) is 0 Å². The topological polar surface area (TPSA) is 105 Å². The minimum absolute atomic E-state index is 0.150. The second-order valence-corrected chi connectivity index (χ2v) is 9.63. The van der Waals surface area contributed by atoms with E-state index in [1.165, 1.54) is 42.5 Å². The van der Waals surface area contributed by atoms with Crippen molar-refractivity contribution >= 4 is 10.0 Å². The molecule has 2 aromatic heterocycles. The molecule has 1 aliphatic carbocycles. The van der Waals surface area contributed by atoms with E-state index in [1.54, 1.807) is 0 Å². The third kappa shape index (κ3) is 4.24. The number of imidazole rings is 1. The molecule has 1 atom stereocenters. The molecule has 3 heterocycles. The Kier molecular flexibility index (Phi) is 5.58. The molecular formula is C18H27N5O3S. The molecule has 0 amide bonds. The van der Waals surface area contributed by atoms with Crippen molar-refractivity contribution in [1.29, 1.82) is 0 Å². The number of rotatable bonds is 5. The molecule has 8 nitrogen and oxygen atoms in total. The number of H-pyrrole nitrogens is 1. The van der Waals surface area contributed by atoms with Gasteiger partial charge in [0.2, 0.25) is 5.89 Å². The van der Waals surface area contributed by atoms with Gasteiger partial charge >= 0.3 is 0 Å². The van der Waals surface area contributed by atoms with Gasteiger partial charge in [-0.1, -0.05) is 30.8 Å². The summed E-state index contributed by atoms with van der Waals surface area (Å²) in [6.45, 7) is 1.01. The molecule has 0 bridgehead atoms. The first-order valence-corrected chi connectivity index (χ1v) is 11.4. The lowest BCUT2D eigenvalue weighted by Crippen LogP contribution is -2.40. The molecule has 0 radical (unpaired) electrons. The van der Waals surface area contributed by atoms with E-state index in [0.29, 0.717) is 31.3 Å². The van der Waals surface area contributed by atoms with Crippen LogP contribution in [0.1, 0.15) is 69.0 Å². The van der Waals surface area contributed by atoms with Crippen molar-refractivity contribution in [3.05, 3.63) is 24.2 Å². The molecule has 27 heavy (non-hydrogen) atoms. The standard InChI is InChI=1S/C18H27N5O3S/c24-27(25,17-11-19-13-20-17)23-9-5-6-14(12-23)10-16-21-18(22-26-16)15-7-3-1-2-4-8-15/h11,13-15H,1-10,12H2,(H,19,20). The Balaban J connectivity index is 1.40. The van der Waals surface area contributed by atoms with Gasteiger partial charge in [-0.2, -0.15) is 9.29 Å². The molecule has 2 aromatic rings. The monoisotopic (exact) mass is 393 g/mol. The van der Waals surface area contributed by atoms with E-state index in [4.69, 9.17) is 4.52 Å². The van der Waals surface area contributed by atoms with Gasteiger partial charge in [0.05, 0.1) is 12.5 Å². The Morgan fingerprint density at radius 2 is 1.96 bits per heavy atom. The summed E-state index contributed by atoms with van der Waals surface area (Å²) in [7, 11) is -3.51. The highest BCUT2D eigenvalue weighted by Gasteiger charge is 2.32. The van der Waals surface area contributed by atoms with E-state index in [1.807, 2.05) is 0 Å². The van der Waals surface area contributed by atoms with Crippen molar-refractivity contribution in [3.63, 3.8) is 0 Å². The quantitative estimate of drug-likeness (QED) is 0.783. The molecule has 1 saturated carbocycles. The van der Waals surface area contributed by atoms with Gasteiger partial charge in [0, 0.05) is 25.4 Å². The van der Waals surface area contributed by atoms with E-state index < -0.39 is 10.0 Å². The van der Waals surface area contributed by atoms with Crippen LogP contribution in [0.4, 0.5) is 0 Å². The van der Waals surface area contributed by atoms with Crippen LogP contribution in [0.15, 0.2) is 22.1 Å². The lowest BCUT2D eigenvalue weighted by molar-refractivity contribution is 0.246. The van der Waals surface area contributed by atoms with Crippen molar-refractivity contribution in [1.82, 2.24) is 24.4 Å². The van der Waals surface area contributed by atoms with Crippen LogP contribution in [0.3, 0.4) is 0 Å². The minimum Gasteiger partial charge on any atom is -0.339 e. The molecule has 0 aromatic carbocycles. The van der Waals surface area contributed by atoms with Gasteiger partial charge in [-0.3, -0.25) is 0 Å². The van der Waals surface area contributed by atoms with Crippen molar-refractivity contribution in [3.8, 4) is 0 Å². The molecule has 2 aliphatic rings. The van der Waals surface area contributed by atoms with Crippen LogP contribution in [0, 0.1) is 5.92 Å². The number of hydrogen-bond donors (Lipinski definition) is 1. The van der Waals surface area contributed by atoms with Gasteiger partial charge < -0.3 is 9.51 Å². The number of piperidine rings is 1. The maximum absolute atomic E-state index is 12.7. The van der Waals surface area contributed by atoms with Crippen molar-refractivity contribution in [2.24, 2.45) is 5.92 Å². The third-order valence-corrected chi connectivity index (χ3v) is 7.53. The predicted octanol–water partition coefficient (Wildman–Crippen LogP) is 2.87. The number of hydrogen-bond acceptors (Lipinski definition) is 6. The summed E-state index contributed by atoms with van der Waals surface area (Å²) >= 11 is 0. The fourth-order valence-electron chi connectivity index (χ4n) is 4.24. The molecule has 1 unspecified atom stereocenters. The van der Waals surface area contributed by atoms with Gasteiger partial charge in [-0.15, -0.1) is 0 Å². The zero-order chi connectivity index (χ0) is 18.7. The van der Waals surface area contributed by atoms with Crippen LogP contribution in [-0.2, 0) is 16.4 Å².